The van der Waals surface area contributed by atoms with Gasteiger partial charge >= 0.3 is 0 Å². The number of nitrogens with one attached hydrogen (secondary N) is 1. The van der Waals surface area contributed by atoms with Crippen molar-refractivity contribution < 1.29 is 9.00 Å². The molecule has 24 heavy (non-hydrogen) atoms. The Morgan fingerprint density at radius 2 is 1.71 bits per heavy atom. The molecule has 0 saturated heterocycles. The van der Waals surface area contributed by atoms with Gasteiger partial charge in [0.1, 0.15) is 0 Å². The molecule has 2 rings (SSSR count). The van der Waals surface area contributed by atoms with Crippen molar-refractivity contribution in [2.75, 3.05) is 0 Å². The Hall–Kier alpha value is -2.01. The molecule has 1 amide bonds. The first-order valence-electron chi connectivity index (χ1n) is 8.12. The molecule has 2 atom stereocenters. The van der Waals surface area contributed by atoms with E-state index in [2.05, 4.69) is 24.1 Å². The van der Waals surface area contributed by atoms with Gasteiger partial charge in [0.15, 0.2) is 0 Å². The first-order chi connectivity index (χ1) is 11.4. The minimum absolute atomic E-state index is 0.0548. The van der Waals surface area contributed by atoms with Gasteiger partial charge in [-0.15, -0.1) is 0 Å². The molecule has 0 fully saturated rings. The SMILES string of the molecule is CC(C)C(NC(=O)c1ccc(S(=O)C(C)C)cc1)c1ccccn1. The lowest BCUT2D eigenvalue weighted by molar-refractivity contribution is 0.0924. The second-order valence-corrected chi connectivity index (χ2v) is 8.33. The zero-order chi connectivity index (χ0) is 17.7. The molecular formula is C19H24N2O2S. The van der Waals surface area contributed by atoms with Crippen LogP contribution in [0.5, 0.6) is 0 Å². The average molecular weight is 344 g/mol. The zero-order valence-corrected chi connectivity index (χ0v) is 15.3. The van der Waals surface area contributed by atoms with E-state index in [0.717, 1.165) is 10.6 Å². The van der Waals surface area contributed by atoms with Crippen LogP contribution in [0.2, 0.25) is 0 Å². The Morgan fingerprint density at radius 1 is 1.04 bits per heavy atom. The van der Waals surface area contributed by atoms with Gasteiger partial charge in [-0.3, -0.25) is 14.0 Å². The van der Waals surface area contributed by atoms with Gasteiger partial charge < -0.3 is 5.32 Å². The number of nitrogens with zero attached hydrogens (tertiary/aromatic N) is 1. The molecule has 0 aliphatic rings. The smallest absolute Gasteiger partial charge is 0.251 e. The van der Waals surface area contributed by atoms with Crippen molar-refractivity contribution in [3.63, 3.8) is 0 Å². The monoisotopic (exact) mass is 344 g/mol. The van der Waals surface area contributed by atoms with E-state index >= 15 is 0 Å². The Labute approximate surface area is 146 Å². The van der Waals surface area contributed by atoms with Gasteiger partial charge in [-0.25, -0.2) is 0 Å². The molecular weight excluding hydrogens is 320 g/mol. The van der Waals surface area contributed by atoms with Gasteiger partial charge in [-0.1, -0.05) is 33.8 Å². The lowest BCUT2D eigenvalue weighted by Crippen LogP contribution is -2.32. The van der Waals surface area contributed by atoms with Crippen molar-refractivity contribution in [3.05, 3.63) is 59.9 Å². The Morgan fingerprint density at radius 3 is 2.21 bits per heavy atom. The number of hydrogen-bond acceptors (Lipinski definition) is 3. The normalized spacial score (nSPS) is 13.8. The molecule has 0 bridgehead atoms. The summed E-state index contributed by atoms with van der Waals surface area (Å²) in [6.45, 7) is 7.93. The summed E-state index contributed by atoms with van der Waals surface area (Å²) in [7, 11) is -1.05. The topological polar surface area (TPSA) is 59.1 Å². The Kier molecular flexibility index (Phi) is 6.26. The summed E-state index contributed by atoms with van der Waals surface area (Å²) in [5.41, 5.74) is 1.40. The molecule has 2 aromatic rings. The van der Waals surface area contributed by atoms with E-state index in [4.69, 9.17) is 0 Å². The second-order valence-electron chi connectivity index (χ2n) is 6.32. The van der Waals surface area contributed by atoms with Crippen LogP contribution in [0.3, 0.4) is 0 Å². The number of carbonyl (C=O) groups excluding carboxylic acids is 1. The minimum Gasteiger partial charge on any atom is -0.343 e. The first kappa shape index (κ1) is 18.3. The van der Waals surface area contributed by atoms with Crippen molar-refractivity contribution in [2.45, 2.75) is 43.9 Å². The van der Waals surface area contributed by atoms with Crippen LogP contribution in [-0.4, -0.2) is 20.3 Å². The van der Waals surface area contributed by atoms with Crippen molar-refractivity contribution in [3.8, 4) is 0 Å². The van der Waals surface area contributed by atoms with Crippen LogP contribution in [-0.2, 0) is 10.8 Å². The predicted molar refractivity (Wildman–Crippen MR) is 97.3 cm³/mol. The summed E-state index contributed by atoms with van der Waals surface area (Å²) in [5, 5.41) is 3.10. The highest BCUT2D eigenvalue weighted by Gasteiger charge is 2.20. The highest BCUT2D eigenvalue weighted by atomic mass is 32.2. The standard InChI is InChI=1S/C19H24N2O2S/c1-13(2)18(17-7-5-6-12-20-17)21-19(22)15-8-10-16(11-9-15)24(23)14(3)4/h5-14,18H,1-4H3,(H,21,22). The van der Waals surface area contributed by atoms with Gasteiger partial charge in [-0.2, -0.15) is 0 Å². The summed E-state index contributed by atoms with van der Waals surface area (Å²) in [4.78, 5) is 17.6. The van der Waals surface area contributed by atoms with E-state index in [1.54, 1.807) is 30.5 Å². The van der Waals surface area contributed by atoms with E-state index in [0.29, 0.717) is 5.56 Å². The lowest BCUT2D eigenvalue weighted by Gasteiger charge is -2.22. The van der Waals surface area contributed by atoms with Crippen LogP contribution < -0.4 is 5.32 Å². The van der Waals surface area contributed by atoms with Gasteiger partial charge in [0, 0.05) is 21.9 Å². The lowest BCUT2D eigenvalue weighted by atomic mass is 10.00. The average Bonchev–Trinajstić information content (AvgIpc) is 2.59. The third-order valence-corrected chi connectivity index (χ3v) is 5.33. The number of aromatic nitrogens is 1. The third kappa shape index (κ3) is 4.51. The maximum Gasteiger partial charge on any atom is 0.251 e. The first-order valence-corrected chi connectivity index (χ1v) is 9.34. The summed E-state index contributed by atoms with van der Waals surface area (Å²) in [6.07, 6.45) is 1.73. The molecule has 4 nitrogen and oxygen atoms in total. The van der Waals surface area contributed by atoms with Crippen LogP contribution in [0.4, 0.5) is 0 Å². The van der Waals surface area contributed by atoms with Gasteiger partial charge in [0.2, 0.25) is 0 Å². The summed E-state index contributed by atoms with van der Waals surface area (Å²) in [6, 6.07) is 12.5. The van der Waals surface area contributed by atoms with Crippen molar-refractivity contribution in [1.29, 1.82) is 0 Å². The van der Waals surface area contributed by atoms with Gasteiger partial charge in [0.25, 0.3) is 5.91 Å². The molecule has 2 unspecified atom stereocenters. The molecule has 128 valence electrons. The van der Waals surface area contributed by atoms with Crippen LogP contribution in [0.25, 0.3) is 0 Å². The maximum absolute atomic E-state index is 12.5. The fraction of sp³-hybridized carbons (Fsp3) is 0.368. The molecule has 0 aliphatic heterocycles. The quantitative estimate of drug-likeness (QED) is 0.869. The van der Waals surface area contributed by atoms with Crippen LogP contribution in [0, 0.1) is 5.92 Å². The molecule has 1 heterocycles. The largest absolute Gasteiger partial charge is 0.343 e. The van der Waals surface area contributed by atoms with Gasteiger partial charge in [-0.05, 0) is 42.3 Å². The van der Waals surface area contributed by atoms with Crippen LogP contribution in [0.15, 0.2) is 53.6 Å². The summed E-state index contributed by atoms with van der Waals surface area (Å²) >= 11 is 0. The fourth-order valence-electron chi connectivity index (χ4n) is 2.38. The number of amides is 1. The highest BCUT2D eigenvalue weighted by molar-refractivity contribution is 7.85. The number of hydrogen-bond donors (Lipinski definition) is 1. The molecule has 5 heteroatoms. The van der Waals surface area contributed by atoms with Crippen LogP contribution >= 0.6 is 0 Å². The number of carbonyl (C=O) groups is 1. The van der Waals surface area contributed by atoms with Gasteiger partial charge in [0.05, 0.1) is 22.5 Å². The Balaban J connectivity index is 2.14. The molecule has 0 saturated carbocycles. The van der Waals surface area contributed by atoms with Crippen molar-refractivity contribution >= 4 is 16.7 Å². The summed E-state index contributed by atoms with van der Waals surface area (Å²) < 4.78 is 12.1. The molecule has 0 aliphatic carbocycles. The molecule has 0 spiro atoms. The third-order valence-electron chi connectivity index (χ3n) is 3.74. The molecule has 1 N–H and O–H groups in total. The predicted octanol–water partition coefficient (Wildman–Crippen LogP) is 3.72. The van der Waals surface area contributed by atoms with E-state index in [-0.39, 0.29) is 23.1 Å². The second kappa shape index (κ2) is 8.20. The number of rotatable bonds is 6. The molecule has 1 aromatic heterocycles. The maximum atomic E-state index is 12.5. The van der Waals surface area contributed by atoms with E-state index in [1.165, 1.54) is 0 Å². The molecule has 1 aromatic carbocycles. The number of benzene rings is 1. The van der Waals surface area contributed by atoms with E-state index in [1.807, 2.05) is 32.0 Å². The van der Waals surface area contributed by atoms with E-state index in [9.17, 15) is 9.00 Å². The van der Waals surface area contributed by atoms with E-state index < -0.39 is 10.8 Å². The fourth-order valence-corrected chi connectivity index (χ4v) is 3.33. The summed E-state index contributed by atoms with van der Waals surface area (Å²) in [5.74, 6) is 0.0674. The van der Waals surface area contributed by atoms with Crippen molar-refractivity contribution in [1.82, 2.24) is 10.3 Å². The highest BCUT2D eigenvalue weighted by Crippen LogP contribution is 2.20. The molecule has 0 radical (unpaired) electrons. The Bertz CT molecular complexity index is 697. The van der Waals surface area contributed by atoms with Crippen molar-refractivity contribution in [2.24, 2.45) is 5.92 Å². The number of pyridine rings is 1. The van der Waals surface area contributed by atoms with Crippen LogP contribution in [0.1, 0.15) is 49.8 Å². The zero-order valence-electron chi connectivity index (χ0n) is 14.5. The minimum atomic E-state index is -1.05.